The molecule has 0 bridgehead atoms. The third kappa shape index (κ3) is 2.62. The Morgan fingerprint density at radius 2 is 1.64 bits per heavy atom. The van der Waals surface area contributed by atoms with E-state index >= 15 is 0 Å². The van der Waals surface area contributed by atoms with E-state index in [1.54, 1.807) is 0 Å². The second kappa shape index (κ2) is 5.72. The molecule has 1 aliphatic heterocycles. The first kappa shape index (κ1) is 18.3. The number of para-hydroxylation sites is 1. The molecule has 1 aromatic heterocycles. The van der Waals surface area contributed by atoms with Crippen molar-refractivity contribution in [3.63, 3.8) is 0 Å². The number of benzene rings is 2. The molecule has 0 atom stereocenters. The summed E-state index contributed by atoms with van der Waals surface area (Å²) in [4.78, 5) is 16.4. The lowest BCUT2D eigenvalue weighted by molar-refractivity contribution is 0.106. The van der Waals surface area contributed by atoms with E-state index in [0.717, 1.165) is 12.1 Å². The highest BCUT2D eigenvalue weighted by Gasteiger charge is 2.34. The summed E-state index contributed by atoms with van der Waals surface area (Å²) in [6, 6.07) is 8.92. The molecule has 1 aliphatic rings. The Kier molecular flexibility index (Phi) is 3.74. The smallest absolute Gasteiger partial charge is 0.366 e. The molecule has 0 saturated carbocycles. The van der Waals surface area contributed by atoms with Crippen LogP contribution in [0.15, 0.2) is 52.4 Å². The number of aliphatic imine (C=N–C) groups is 1. The van der Waals surface area contributed by atoms with E-state index in [-0.39, 0.29) is 37.4 Å². The van der Waals surface area contributed by atoms with E-state index in [9.17, 15) is 31.3 Å². The molecule has 2 heterocycles. The molecule has 4 rings (SSSR count). The molecule has 10 nitrogen and oxygen atoms in total. The van der Waals surface area contributed by atoms with Crippen LogP contribution in [0.5, 0.6) is 5.88 Å². The average Bonchev–Trinajstić information content (AvgIpc) is 3.07. The van der Waals surface area contributed by atoms with E-state index in [1.165, 1.54) is 30.3 Å². The van der Waals surface area contributed by atoms with Crippen LogP contribution in [0.1, 0.15) is 15.9 Å². The number of Topliss-reactive ketones (excluding diaryl/α,β-unsaturated/α-hetero) is 1. The lowest BCUT2D eigenvalue weighted by atomic mass is 10.0. The van der Waals surface area contributed by atoms with Crippen molar-refractivity contribution in [2.24, 2.45) is 4.99 Å². The van der Waals surface area contributed by atoms with Gasteiger partial charge in [0.05, 0.1) is 27.2 Å². The van der Waals surface area contributed by atoms with Crippen LogP contribution in [0.25, 0.3) is 10.9 Å². The lowest BCUT2D eigenvalue weighted by Gasteiger charge is -2.02. The van der Waals surface area contributed by atoms with Crippen molar-refractivity contribution in [3.8, 4) is 5.88 Å². The fourth-order valence-electron chi connectivity index (χ4n) is 3.09. The Hall–Kier alpha value is -3.06. The first-order valence-corrected chi connectivity index (χ1v) is 10.4. The monoisotopic (exact) mass is 422 g/mol. The molecule has 3 aromatic rings. The zero-order valence-electron chi connectivity index (χ0n) is 13.6. The standard InChI is InChI=1S/C16H10N2O8S2/c19-15-10-7-8(27(21,22)23)5-6-11(10)17-14(15)13-9-3-1-2-4-12(9)18(16(13)20)28(24,25)26/h1-7,20H,(H,21,22,23)(H,24,25,26). The van der Waals surface area contributed by atoms with Crippen LogP contribution in [0.2, 0.25) is 0 Å². The normalized spacial score (nSPS) is 14.4. The number of carbonyl (C=O) groups excluding carboxylic acids is 1. The number of aromatic hydroxyl groups is 1. The molecular weight excluding hydrogens is 412 g/mol. The highest BCUT2D eigenvalue weighted by Crippen LogP contribution is 2.38. The highest BCUT2D eigenvalue weighted by molar-refractivity contribution is 7.85. The van der Waals surface area contributed by atoms with E-state index in [2.05, 4.69) is 4.99 Å². The highest BCUT2D eigenvalue weighted by atomic mass is 32.2. The topological polar surface area (TPSA) is 163 Å². The van der Waals surface area contributed by atoms with Crippen LogP contribution < -0.4 is 0 Å². The summed E-state index contributed by atoms with van der Waals surface area (Å²) in [6.45, 7) is 0. The molecule has 0 spiro atoms. The van der Waals surface area contributed by atoms with Gasteiger partial charge in [0, 0.05) is 5.39 Å². The van der Waals surface area contributed by atoms with E-state index in [4.69, 9.17) is 4.55 Å². The Morgan fingerprint density at radius 1 is 0.964 bits per heavy atom. The zero-order chi connectivity index (χ0) is 20.4. The molecule has 0 amide bonds. The minimum Gasteiger partial charge on any atom is -0.493 e. The van der Waals surface area contributed by atoms with Gasteiger partial charge >= 0.3 is 10.3 Å². The largest absolute Gasteiger partial charge is 0.493 e. The summed E-state index contributed by atoms with van der Waals surface area (Å²) in [5, 5.41) is 10.6. The van der Waals surface area contributed by atoms with Crippen molar-refractivity contribution < 1.29 is 35.8 Å². The van der Waals surface area contributed by atoms with Crippen LogP contribution >= 0.6 is 0 Å². The molecule has 0 radical (unpaired) electrons. The number of fused-ring (bicyclic) bond motifs is 2. The van der Waals surface area contributed by atoms with Crippen LogP contribution in [0, 0.1) is 0 Å². The van der Waals surface area contributed by atoms with Gasteiger partial charge < -0.3 is 5.11 Å². The fraction of sp³-hybridized carbons (Fsp3) is 0. The second-order valence-electron chi connectivity index (χ2n) is 5.90. The first-order valence-electron chi connectivity index (χ1n) is 7.56. The summed E-state index contributed by atoms with van der Waals surface area (Å²) in [5.74, 6) is -1.70. The van der Waals surface area contributed by atoms with E-state index < -0.39 is 37.0 Å². The maximum atomic E-state index is 12.8. The Balaban J connectivity index is 1.98. The molecule has 12 heteroatoms. The first-order chi connectivity index (χ1) is 13.0. The van der Waals surface area contributed by atoms with Crippen molar-refractivity contribution in [1.29, 1.82) is 0 Å². The van der Waals surface area contributed by atoms with E-state index in [0.29, 0.717) is 0 Å². The summed E-state index contributed by atoms with van der Waals surface area (Å²) in [7, 11) is -9.45. The van der Waals surface area contributed by atoms with Gasteiger partial charge in [-0.1, -0.05) is 18.2 Å². The predicted octanol–water partition coefficient (Wildman–Crippen LogP) is 1.56. The lowest BCUT2D eigenvalue weighted by Crippen LogP contribution is -2.13. The number of hydrogen-bond acceptors (Lipinski definition) is 7. The van der Waals surface area contributed by atoms with Crippen molar-refractivity contribution in [2.45, 2.75) is 4.90 Å². The number of rotatable bonds is 3. The van der Waals surface area contributed by atoms with Gasteiger partial charge in [-0.3, -0.25) is 13.9 Å². The van der Waals surface area contributed by atoms with Crippen molar-refractivity contribution in [3.05, 3.63) is 53.6 Å². The predicted molar refractivity (Wildman–Crippen MR) is 97.3 cm³/mol. The van der Waals surface area contributed by atoms with Crippen LogP contribution in [0.3, 0.4) is 0 Å². The molecule has 3 N–H and O–H groups in total. The van der Waals surface area contributed by atoms with Gasteiger partial charge in [-0.2, -0.15) is 20.8 Å². The van der Waals surface area contributed by atoms with Crippen molar-refractivity contribution in [1.82, 2.24) is 3.97 Å². The van der Waals surface area contributed by atoms with Crippen molar-refractivity contribution >= 4 is 48.5 Å². The maximum absolute atomic E-state index is 12.8. The number of hydrogen-bond donors (Lipinski definition) is 3. The summed E-state index contributed by atoms with van der Waals surface area (Å²) < 4.78 is 64.8. The zero-order valence-corrected chi connectivity index (χ0v) is 15.3. The molecule has 0 fully saturated rings. The number of ketones is 1. The quantitative estimate of drug-likeness (QED) is 0.535. The molecule has 2 aromatic carbocycles. The number of aromatic nitrogens is 1. The van der Waals surface area contributed by atoms with Crippen LogP contribution in [-0.4, -0.2) is 46.5 Å². The Morgan fingerprint density at radius 3 is 2.29 bits per heavy atom. The van der Waals surface area contributed by atoms with Gasteiger partial charge in [-0.25, -0.2) is 4.99 Å². The summed E-state index contributed by atoms with van der Waals surface area (Å²) in [6.07, 6.45) is 0. The van der Waals surface area contributed by atoms with Crippen LogP contribution in [0.4, 0.5) is 5.69 Å². The van der Waals surface area contributed by atoms with Crippen molar-refractivity contribution in [2.75, 3.05) is 0 Å². The molecule has 28 heavy (non-hydrogen) atoms. The molecule has 0 saturated heterocycles. The molecule has 0 unspecified atom stereocenters. The van der Waals surface area contributed by atoms with Gasteiger partial charge in [-0.15, -0.1) is 0 Å². The minimum absolute atomic E-state index is 0.0792. The second-order valence-corrected chi connectivity index (χ2v) is 8.58. The Bertz CT molecular complexity index is 1430. The fourth-order valence-corrected chi connectivity index (χ4v) is 4.31. The van der Waals surface area contributed by atoms with Gasteiger partial charge in [0.15, 0.2) is 0 Å². The van der Waals surface area contributed by atoms with Gasteiger partial charge in [0.1, 0.15) is 5.71 Å². The third-order valence-electron chi connectivity index (χ3n) is 4.23. The molecular formula is C16H10N2O8S2. The SMILES string of the molecule is O=C1C(c2c(O)n(S(=O)(=O)O)c3ccccc23)=Nc2ccc(S(=O)(=O)O)cc21. The maximum Gasteiger partial charge on any atom is 0.366 e. The van der Waals surface area contributed by atoms with Gasteiger partial charge in [-0.05, 0) is 24.3 Å². The minimum atomic E-state index is -4.89. The third-order valence-corrected chi connectivity index (χ3v) is 5.91. The number of carbonyl (C=O) groups is 1. The van der Waals surface area contributed by atoms with E-state index in [1.807, 2.05) is 0 Å². The summed E-state index contributed by atoms with van der Waals surface area (Å²) >= 11 is 0. The molecule has 0 aliphatic carbocycles. The van der Waals surface area contributed by atoms with Gasteiger partial charge in [0.25, 0.3) is 10.1 Å². The van der Waals surface area contributed by atoms with Crippen LogP contribution in [-0.2, 0) is 20.4 Å². The average molecular weight is 422 g/mol. The Labute approximate surface area is 158 Å². The summed E-state index contributed by atoms with van der Waals surface area (Å²) in [5.41, 5.74) is -0.715. The number of nitrogens with zero attached hydrogens (tertiary/aromatic N) is 2. The molecule has 144 valence electrons. The van der Waals surface area contributed by atoms with Gasteiger partial charge in [0.2, 0.25) is 11.7 Å².